The molecule has 37 heavy (non-hydrogen) atoms. The smallest absolute Gasteiger partial charge is 0.326 e. The molecule has 0 saturated heterocycles. The summed E-state index contributed by atoms with van der Waals surface area (Å²) in [5, 5.41) is 15.7. The molecule has 2 aromatic carbocycles. The van der Waals surface area contributed by atoms with Crippen LogP contribution in [0.15, 0.2) is 54.4 Å². The standard InChI is InChI=1S/C25H33N5O7/c1-35-20-12-10-17(21(36-2)22(20)37-3)23(31)28-13-14-30(27)15-18(26)24(32)29-19(25(33)34)11-9-16-7-5-4-6-8-16/h4-8,10,12,15,19H,9,11,13-14,26-27H2,1-3H3,(H,28,31)(H,29,32)(H,33,34)/b18-15-. The first kappa shape index (κ1) is 28.8. The molecule has 0 aromatic heterocycles. The molecule has 0 aliphatic carbocycles. The van der Waals surface area contributed by atoms with Gasteiger partial charge in [0.15, 0.2) is 11.5 Å². The highest BCUT2D eigenvalue weighted by molar-refractivity contribution is 5.98. The Morgan fingerprint density at radius 2 is 1.70 bits per heavy atom. The molecule has 0 aliphatic heterocycles. The minimum atomic E-state index is -1.17. The van der Waals surface area contributed by atoms with Gasteiger partial charge in [0.25, 0.3) is 11.8 Å². The molecule has 0 bridgehead atoms. The first-order valence-electron chi connectivity index (χ1n) is 11.3. The molecule has 200 valence electrons. The lowest BCUT2D eigenvalue weighted by molar-refractivity contribution is -0.141. The largest absolute Gasteiger partial charge is 0.493 e. The summed E-state index contributed by atoms with van der Waals surface area (Å²) in [7, 11) is 4.31. The van der Waals surface area contributed by atoms with Crippen LogP contribution >= 0.6 is 0 Å². The molecule has 0 radical (unpaired) electrons. The number of benzene rings is 2. The lowest BCUT2D eigenvalue weighted by Gasteiger charge is -2.18. The summed E-state index contributed by atoms with van der Waals surface area (Å²) in [4.78, 5) is 36.6. The monoisotopic (exact) mass is 515 g/mol. The molecule has 7 N–H and O–H groups in total. The molecule has 0 heterocycles. The summed E-state index contributed by atoms with van der Waals surface area (Å²) in [6.45, 7) is 0.207. The molecule has 12 heteroatoms. The summed E-state index contributed by atoms with van der Waals surface area (Å²) < 4.78 is 15.8. The Morgan fingerprint density at radius 1 is 1.03 bits per heavy atom. The summed E-state index contributed by atoms with van der Waals surface area (Å²) in [6, 6.07) is 11.3. The van der Waals surface area contributed by atoms with E-state index in [2.05, 4.69) is 10.6 Å². The van der Waals surface area contributed by atoms with Gasteiger partial charge in [0, 0.05) is 12.7 Å². The van der Waals surface area contributed by atoms with Crippen molar-refractivity contribution in [1.82, 2.24) is 15.6 Å². The number of carbonyl (C=O) groups excluding carboxylic acids is 2. The van der Waals surface area contributed by atoms with E-state index in [0.29, 0.717) is 12.2 Å². The predicted octanol–water partition coefficient (Wildman–Crippen LogP) is 0.620. The summed E-state index contributed by atoms with van der Waals surface area (Å²) in [5.74, 6) is 4.39. The molecular formula is C25H33N5O7. The van der Waals surface area contributed by atoms with Gasteiger partial charge < -0.3 is 40.7 Å². The topological polar surface area (TPSA) is 178 Å². The van der Waals surface area contributed by atoms with E-state index in [4.69, 9.17) is 25.8 Å². The molecule has 12 nitrogen and oxygen atoms in total. The summed E-state index contributed by atoms with van der Waals surface area (Å²) >= 11 is 0. The van der Waals surface area contributed by atoms with Crippen molar-refractivity contribution >= 4 is 17.8 Å². The number of hydrazine groups is 1. The molecule has 2 amide bonds. The van der Waals surface area contributed by atoms with E-state index in [0.717, 1.165) is 16.8 Å². The number of hydrogen-bond acceptors (Lipinski definition) is 9. The van der Waals surface area contributed by atoms with Crippen molar-refractivity contribution in [3.63, 3.8) is 0 Å². The molecule has 0 fully saturated rings. The number of nitrogens with zero attached hydrogens (tertiary/aromatic N) is 1. The third-order valence-corrected chi connectivity index (χ3v) is 5.34. The van der Waals surface area contributed by atoms with Crippen molar-refractivity contribution < 1.29 is 33.7 Å². The zero-order valence-electron chi connectivity index (χ0n) is 21.0. The zero-order valence-corrected chi connectivity index (χ0v) is 21.0. The minimum absolute atomic E-state index is 0.103. The van der Waals surface area contributed by atoms with Gasteiger partial charge in [0.1, 0.15) is 11.7 Å². The number of carboxylic acids is 1. The SMILES string of the molecule is COc1ccc(C(=O)NCCN(N)/C=C(\N)C(=O)NC(CCc2ccccc2)C(=O)O)c(OC)c1OC. The Labute approximate surface area is 215 Å². The summed E-state index contributed by atoms with van der Waals surface area (Å²) in [6.07, 6.45) is 1.82. The predicted molar refractivity (Wildman–Crippen MR) is 136 cm³/mol. The molecule has 1 unspecified atom stereocenters. The van der Waals surface area contributed by atoms with Crippen molar-refractivity contribution in [2.24, 2.45) is 11.6 Å². The van der Waals surface area contributed by atoms with E-state index >= 15 is 0 Å². The zero-order chi connectivity index (χ0) is 27.4. The number of aliphatic carboxylic acids is 1. The highest BCUT2D eigenvalue weighted by atomic mass is 16.5. The minimum Gasteiger partial charge on any atom is -0.493 e. The highest BCUT2D eigenvalue weighted by Crippen LogP contribution is 2.39. The van der Waals surface area contributed by atoms with Crippen LogP contribution in [0.1, 0.15) is 22.3 Å². The van der Waals surface area contributed by atoms with Gasteiger partial charge >= 0.3 is 5.97 Å². The van der Waals surface area contributed by atoms with E-state index < -0.39 is 23.8 Å². The Bertz CT molecular complexity index is 1110. The van der Waals surface area contributed by atoms with Crippen molar-refractivity contribution in [2.75, 3.05) is 34.4 Å². The average molecular weight is 516 g/mol. The van der Waals surface area contributed by atoms with E-state index in [1.54, 1.807) is 6.07 Å². The second-order valence-electron chi connectivity index (χ2n) is 7.85. The number of nitrogens with one attached hydrogen (secondary N) is 2. The number of hydrogen-bond donors (Lipinski definition) is 5. The van der Waals surface area contributed by atoms with Crippen molar-refractivity contribution in [3.8, 4) is 17.2 Å². The fraction of sp³-hybridized carbons (Fsp3) is 0.320. The van der Waals surface area contributed by atoms with Gasteiger partial charge in [-0.3, -0.25) is 9.59 Å². The number of rotatable bonds is 14. The molecular weight excluding hydrogens is 482 g/mol. The van der Waals surface area contributed by atoms with Gasteiger partial charge in [-0.15, -0.1) is 0 Å². The number of ether oxygens (including phenoxy) is 3. The molecule has 0 aliphatic rings. The van der Waals surface area contributed by atoms with Crippen LogP contribution < -0.4 is 36.4 Å². The van der Waals surface area contributed by atoms with E-state index in [-0.39, 0.29) is 42.3 Å². The van der Waals surface area contributed by atoms with E-state index in [1.807, 2.05) is 30.3 Å². The van der Waals surface area contributed by atoms with Crippen LogP contribution in [0, 0.1) is 0 Å². The second-order valence-corrected chi connectivity index (χ2v) is 7.85. The van der Waals surface area contributed by atoms with Gasteiger partial charge in [0.2, 0.25) is 5.75 Å². The van der Waals surface area contributed by atoms with Crippen LogP contribution in [0.5, 0.6) is 17.2 Å². The number of nitrogens with two attached hydrogens (primary N) is 2. The Morgan fingerprint density at radius 3 is 2.30 bits per heavy atom. The van der Waals surface area contributed by atoms with Crippen LogP contribution in [0.3, 0.4) is 0 Å². The molecule has 1 atom stereocenters. The third-order valence-electron chi connectivity index (χ3n) is 5.34. The number of carboxylic acid groups (broad SMARTS) is 1. The van der Waals surface area contributed by atoms with E-state index in [9.17, 15) is 19.5 Å². The van der Waals surface area contributed by atoms with E-state index in [1.165, 1.54) is 27.4 Å². The van der Waals surface area contributed by atoms with Crippen LogP contribution in [-0.2, 0) is 16.0 Å². The van der Waals surface area contributed by atoms with Crippen LogP contribution in [0.4, 0.5) is 0 Å². The lowest BCUT2D eigenvalue weighted by atomic mass is 10.1. The number of carbonyl (C=O) groups is 3. The molecule has 0 spiro atoms. The fourth-order valence-corrected chi connectivity index (χ4v) is 3.43. The average Bonchev–Trinajstić information content (AvgIpc) is 2.89. The summed E-state index contributed by atoms with van der Waals surface area (Å²) in [5.41, 5.74) is 6.70. The first-order valence-corrected chi connectivity index (χ1v) is 11.3. The quantitative estimate of drug-likeness (QED) is 0.136. The van der Waals surface area contributed by atoms with Crippen LogP contribution in [0.25, 0.3) is 0 Å². The normalized spacial score (nSPS) is 11.7. The van der Waals surface area contributed by atoms with Gasteiger partial charge in [0.05, 0.1) is 33.4 Å². The van der Waals surface area contributed by atoms with Crippen molar-refractivity contribution in [3.05, 3.63) is 65.5 Å². The van der Waals surface area contributed by atoms with Crippen molar-refractivity contribution in [1.29, 1.82) is 0 Å². The highest BCUT2D eigenvalue weighted by Gasteiger charge is 2.22. The first-order chi connectivity index (χ1) is 17.7. The maximum absolute atomic E-state index is 12.6. The maximum atomic E-state index is 12.6. The van der Waals surface area contributed by atoms with Crippen LogP contribution in [0.2, 0.25) is 0 Å². The lowest BCUT2D eigenvalue weighted by Crippen LogP contribution is -2.44. The molecule has 0 saturated carbocycles. The van der Waals surface area contributed by atoms with Crippen molar-refractivity contribution in [2.45, 2.75) is 18.9 Å². The van der Waals surface area contributed by atoms with Gasteiger partial charge in [-0.1, -0.05) is 30.3 Å². The molecule has 2 aromatic rings. The number of amides is 2. The second kappa shape index (κ2) is 14.2. The Hall–Kier alpha value is -4.45. The fourth-order valence-electron chi connectivity index (χ4n) is 3.43. The third kappa shape index (κ3) is 8.32. The molecule has 2 rings (SSSR count). The maximum Gasteiger partial charge on any atom is 0.326 e. The van der Waals surface area contributed by atoms with Gasteiger partial charge in [-0.05, 0) is 30.5 Å². The van der Waals surface area contributed by atoms with Gasteiger partial charge in [-0.2, -0.15) is 0 Å². The number of methoxy groups -OCH3 is 3. The Balaban J connectivity index is 1.91. The van der Waals surface area contributed by atoms with Crippen LogP contribution in [-0.4, -0.2) is 68.4 Å². The number of aryl methyl sites for hydroxylation is 1. The van der Waals surface area contributed by atoms with Gasteiger partial charge in [-0.25, -0.2) is 10.6 Å². The Kier molecular flexibility index (Phi) is 11.0.